The van der Waals surface area contributed by atoms with Crippen molar-refractivity contribution in [3.05, 3.63) is 81.0 Å². The number of ether oxygens (including phenoxy) is 1. The van der Waals surface area contributed by atoms with Gasteiger partial charge in [-0.05, 0) is 42.8 Å². The number of nitro groups is 1. The number of benzene rings is 2. The summed E-state index contributed by atoms with van der Waals surface area (Å²) in [5, 5.41) is 20.4. The van der Waals surface area contributed by atoms with Crippen LogP contribution in [0.3, 0.4) is 0 Å². The largest absolute Gasteiger partial charge is 0.482 e. The maximum atomic E-state index is 11.7. The number of nitrogens with one attached hydrogen (secondary N) is 1. The van der Waals surface area contributed by atoms with Gasteiger partial charge in [-0.1, -0.05) is 6.08 Å². The van der Waals surface area contributed by atoms with E-state index in [2.05, 4.69) is 16.9 Å². The van der Waals surface area contributed by atoms with E-state index in [1.54, 1.807) is 29.0 Å². The fourth-order valence-electron chi connectivity index (χ4n) is 3.12. The Kier molecular flexibility index (Phi) is 5.95. The van der Waals surface area contributed by atoms with E-state index in [0.29, 0.717) is 28.5 Å². The summed E-state index contributed by atoms with van der Waals surface area (Å²) in [5.41, 5.74) is 3.63. The molecule has 32 heavy (non-hydrogen) atoms. The minimum Gasteiger partial charge on any atom is -0.482 e. The van der Waals surface area contributed by atoms with E-state index in [0.717, 1.165) is 16.8 Å². The van der Waals surface area contributed by atoms with E-state index in [-0.39, 0.29) is 18.2 Å². The van der Waals surface area contributed by atoms with Crippen LogP contribution < -0.4 is 14.9 Å². The van der Waals surface area contributed by atoms with E-state index in [4.69, 9.17) is 9.84 Å². The highest BCUT2D eigenvalue weighted by Gasteiger charge is 2.18. The third-order valence-corrected chi connectivity index (χ3v) is 5.55. The molecule has 1 aliphatic heterocycles. The number of thiazole rings is 1. The molecule has 0 radical (unpaired) electrons. The minimum absolute atomic E-state index is 0.00585. The van der Waals surface area contributed by atoms with Gasteiger partial charge >= 0.3 is 0 Å². The van der Waals surface area contributed by atoms with E-state index in [1.807, 2.05) is 24.4 Å². The molecule has 1 N–H and O–H groups in total. The minimum atomic E-state index is -0.438. The van der Waals surface area contributed by atoms with Crippen LogP contribution in [0.1, 0.15) is 12.5 Å². The van der Waals surface area contributed by atoms with Crippen molar-refractivity contribution in [2.24, 2.45) is 10.1 Å². The van der Waals surface area contributed by atoms with Crippen molar-refractivity contribution in [2.45, 2.75) is 6.92 Å². The van der Waals surface area contributed by atoms with Crippen LogP contribution in [0, 0.1) is 10.1 Å². The summed E-state index contributed by atoms with van der Waals surface area (Å²) in [6.07, 6.45) is 1.70. The number of aromatic nitrogens is 1. The molecule has 3 aromatic rings. The Morgan fingerprint density at radius 1 is 1.34 bits per heavy atom. The van der Waals surface area contributed by atoms with Crippen LogP contribution in [0.15, 0.2) is 70.6 Å². The van der Waals surface area contributed by atoms with Crippen molar-refractivity contribution >= 4 is 34.3 Å². The van der Waals surface area contributed by atoms with Crippen LogP contribution >= 0.6 is 11.3 Å². The molecule has 9 nitrogen and oxygen atoms in total. The first-order valence-electron chi connectivity index (χ1n) is 9.65. The molecule has 0 aliphatic carbocycles. The van der Waals surface area contributed by atoms with Gasteiger partial charge in [-0.2, -0.15) is 5.10 Å². The molecule has 2 aromatic carbocycles. The Morgan fingerprint density at radius 3 is 2.84 bits per heavy atom. The van der Waals surface area contributed by atoms with Gasteiger partial charge in [0.15, 0.2) is 6.61 Å². The number of fused-ring (bicyclic) bond motifs is 1. The van der Waals surface area contributed by atoms with Crippen LogP contribution in [-0.2, 0) is 4.79 Å². The Balaban J connectivity index is 1.79. The SMILES string of the molecule is C=CCN=c1scc(-c2ccc3c(c2)NC(=O)CO3)n1N=C(C)c1ccc([N+](=O)[O-])cc1. The standard InChI is InChI=1S/C22H19N5O4S/c1-3-10-23-22-26(25-14(2)15-4-7-17(8-5-15)27(29)30)19(13-32-22)16-6-9-20-18(11-16)24-21(28)12-31-20/h3-9,11,13H,1,10,12H2,2H3,(H,24,28). The quantitative estimate of drug-likeness (QED) is 0.267. The second-order valence-corrected chi connectivity index (χ2v) is 7.72. The Bertz CT molecular complexity index is 1300. The van der Waals surface area contributed by atoms with Gasteiger partial charge in [0.05, 0.1) is 28.6 Å². The number of carbonyl (C=O) groups excluding carboxylic acids is 1. The zero-order valence-corrected chi connectivity index (χ0v) is 18.0. The molecule has 4 rings (SSSR count). The molecule has 0 saturated carbocycles. The van der Waals surface area contributed by atoms with Crippen molar-refractivity contribution in [1.82, 2.24) is 4.68 Å². The van der Waals surface area contributed by atoms with Crippen LogP contribution in [0.4, 0.5) is 11.4 Å². The lowest BCUT2D eigenvalue weighted by molar-refractivity contribution is -0.384. The summed E-state index contributed by atoms with van der Waals surface area (Å²) in [7, 11) is 0. The summed E-state index contributed by atoms with van der Waals surface area (Å²) in [4.78, 5) is 27.4. The van der Waals surface area contributed by atoms with Crippen molar-refractivity contribution in [3.63, 3.8) is 0 Å². The van der Waals surface area contributed by atoms with Crippen LogP contribution in [0.25, 0.3) is 11.3 Å². The molecule has 1 amide bonds. The summed E-state index contributed by atoms with van der Waals surface area (Å²) in [5.74, 6) is 0.402. The second-order valence-electron chi connectivity index (χ2n) is 6.88. The van der Waals surface area contributed by atoms with Crippen molar-refractivity contribution in [2.75, 3.05) is 18.5 Å². The fraction of sp³-hybridized carbons (Fsp3) is 0.136. The number of hydrogen-bond donors (Lipinski definition) is 1. The maximum absolute atomic E-state index is 11.7. The normalized spacial score (nSPS) is 13.8. The Labute approximate surface area is 187 Å². The van der Waals surface area contributed by atoms with E-state index in [1.165, 1.54) is 23.5 Å². The van der Waals surface area contributed by atoms with Crippen LogP contribution in [0.2, 0.25) is 0 Å². The lowest BCUT2D eigenvalue weighted by atomic mass is 10.1. The highest BCUT2D eigenvalue weighted by atomic mass is 32.1. The predicted molar refractivity (Wildman–Crippen MR) is 123 cm³/mol. The molecule has 162 valence electrons. The first-order valence-corrected chi connectivity index (χ1v) is 10.5. The molecular formula is C22H19N5O4S. The number of hydrogen-bond acceptors (Lipinski definition) is 7. The van der Waals surface area contributed by atoms with Crippen molar-refractivity contribution < 1.29 is 14.5 Å². The summed E-state index contributed by atoms with van der Waals surface area (Å²) in [6.45, 7) is 5.97. The van der Waals surface area contributed by atoms with Crippen LogP contribution in [-0.4, -0.2) is 34.4 Å². The molecule has 1 aliphatic rings. The summed E-state index contributed by atoms with van der Waals surface area (Å²) in [6, 6.07) is 11.7. The third kappa shape index (κ3) is 4.35. The molecule has 0 unspecified atom stereocenters. The number of nitrogens with zero attached hydrogens (tertiary/aromatic N) is 4. The molecule has 2 heterocycles. The second kappa shape index (κ2) is 8.98. The maximum Gasteiger partial charge on any atom is 0.269 e. The van der Waals surface area contributed by atoms with Gasteiger partial charge in [-0.3, -0.25) is 19.9 Å². The summed E-state index contributed by atoms with van der Waals surface area (Å²) >= 11 is 1.43. The van der Waals surface area contributed by atoms with E-state index in [9.17, 15) is 14.9 Å². The van der Waals surface area contributed by atoms with Gasteiger partial charge in [0.1, 0.15) is 5.75 Å². The molecule has 0 fully saturated rings. The number of carbonyl (C=O) groups is 1. The monoisotopic (exact) mass is 449 g/mol. The number of nitro benzene ring substituents is 1. The molecule has 0 saturated heterocycles. The smallest absolute Gasteiger partial charge is 0.269 e. The van der Waals surface area contributed by atoms with Crippen molar-refractivity contribution in [1.29, 1.82) is 0 Å². The zero-order valence-electron chi connectivity index (χ0n) is 17.1. The van der Waals surface area contributed by atoms with E-state index >= 15 is 0 Å². The number of anilines is 1. The van der Waals surface area contributed by atoms with Gasteiger partial charge < -0.3 is 10.1 Å². The molecule has 0 atom stereocenters. The zero-order chi connectivity index (χ0) is 22.7. The predicted octanol–water partition coefficient (Wildman–Crippen LogP) is 3.81. The van der Waals surface area contributed by atoms with Gasteiger partial charge in [0.25, 0.3) is 11.6 Å². The molecule has 0 spiro atoms. The first-order chi connectivity index (χ1) is 15.5. The molecular weight excluding hydrogens is 430 g/mol. The number of rotatable bonds is 6. The lowest BCUT2D eigenvalue weighted by Crippen LogP contribution is -2.25. The molecule has 0 bridgehead atoms. The van der Waals surface area contributed by atoms with E-state index < -0.39 is 4.92 Å². The topological polar surface area (TPSA) is 111 Å². The number of amides is 1. The third-order valence-electron chi connectivity index (χ3n) is 4.70. The van der Waals surface area contributed by atoms with Gasteiger partial charge in [-0.25, -0.2) is 4.68 Å². The van der Waals surface area contributed by atoms with Crippen molar-refractivity contribution in [3.8, 4) is 17.0 Å². The van der Waals surface area contributed by atoms with Gasteiger partial charge in [0, 0.05) is 23.1 Å². The first kappa shape index (κ1) is 21.2. The Hall–Kier alpha value is -4.05. The average molecular weight is 449 g/mol. The van der Waals surface area contributed by atoms with Crippen LogP contribution in [0.5, 0.6) is 5.75 Å². The Morgan fingerprint density at radius 2 is 2.12 bits per heavy atom. The molecule has 1 aromatic heterocycles. The summed E-state index contributed by atoms with van der Waals surface area (Å²) < 4.78 is 7.16. The molecule has 10 heteroatoms. The van der Waals surface area contributed by atoms with Gasteiger partial charge in [-0.15, -0.1) is 17.9 Å². The highest BCUT2D eigenvalue weighted by Crippen LogP contribution is 2.33. The fourth-order valence-corrected chi connectivity index (χ4v) is 3.96. The number of non-ortho nitro benzene ring substituents is 1. The van der Waals surface area contributed by atoms with Gasteiger partial charge in [0.2, 0.25) is 4.80 Å². The lowest BCUT2D eigenvalue weighted by Gasteiger charge is -2.18. The highest BCUT2D eigenvalue weighted by molar-refractivity contribution is 7.07. The average Bonchev–Trinajstić information content (AvgIpc) is 3.19.